The van der Waals surface area contributed by atoms with Gasteiger partial charge in [0.25, 0.3) is 0 Å². The summed E-state index contributed by atoms with van der Waals surface area (Å²) < 4.78 is 18.7. The van der Waals surface area contributed by atoms with E-state index in [9.17, 15) is 9.50 Å². The second-order valence-corrected chi connectivity index (χ2v) is 3.64. The van der Waals surface area contributed by atoms with Crippen molar-refractivity contribution in [3.63, 3.8) is 0 Å². The molecule has 4 nitrogen and oxygen atoms in total. The van der Waals surface area contributed by atoms with E-state index in [1.807, 2.05) is 6.92 Å². The quantitative estimate of drug-likeness (QED) is 0.900. The minimum atomic E-state index is -1.13. The maximum Gasteiger partial charge on any atom is 0.216 e. The number of hydrogen-bond acceptors (Lipinski definition) is 4. The summed E-state index contributed by atoms with van der Waals surface area (Å²) in [6, 6.07) is 7.54. The van der Waals surface area contributed by atoms with E-state index in [2.05, 4.69) is 9.97 Å². The molecule has 1 aromatic heterocycles. The maximum absolute atomic E-state index is 13.5. The second-order valence-electron chi connectivity index (χ2n) is 3.64. The van der Waals surface area contributed by atoms with E-state index >= 15 is 0 Å². The van der Waals surface area contributed by atoms with Crippen LogP contribution in [0.25, 0.3) is 0 Å². The molecule has 0 fully saturated rings. The Labute approximate surface area is 104 Å². The smallest absolute Gasteiger partial charge is 0.216 e. The number of benzene rings is 1. The maximum atomic E-state index is 13.5. The highest BCUT2D eigenvalue weighted by Crippen LogP contribution is 2.23. The number of aliphatic hydroxyl groups is 1. The zero-order valence-electron chi connectivity index (χ0n) is 9.88. The normalized spacial score (nSPS) is 12.2. The van der Waals surface area contributed by atoms with Crippen molar-refractivity contribution in [2.24, 2.45) is 0 Å². The van der Waals surface area contributed by atoms with Gasteiger partial charge in [0, 0.05) is 11.6 Å². The van der Waals surface area contributed by atoms with Gasteiger partial charge in [-0.1, -0.05) is 18.2 Å². The summed E-state index contributed by atoms with van der Waals surface area (Å²) >= 11 is 0. The Kier molecular flexibility index (Phi) is 3.84. The summed E-state index contributed by atoms with van der Waals surface area (Å²) in [4.78, 5) is 7.82. The van der Waals surface area contributed by atoms with Crippen LogP contribution in [0.1, 0.15) is 24.3 Å². The van der Waals surface area contributed by atoms with Crippen LogP contribution in [0, 0.1) is 5.82 Å². The molecule has 2 rings (SSSR count). The van der Waals surface area contributed by atoms with Gasteiger partial charge in [0.15, 0.2) is 0 Å². The Balaban J connectivity index is 2.31. The van der Waals surface area contributed by atoms with E-state index in [1.165, 1.54) is 24.5 Å². The zero-order valence-corrected chi connectivity index (χ0v) is 9.88. The lowest BCUT2D eigenvalue weighted by atomic mass is 10.1. The van der Waals surface area contributed by atoms with Gasteiger partial charge in [-0.15, -0.1) is 0 Å². The predicted octanol–water partition coefficient (Wildman–Crippen LogP) is 2.10. The minimum absolute atomic E-state index is 0.179. The SMILES string of the molecule is CCOc1cc(C(O)c2ccccc2F)ncn1. The number of ether oxygens (including phenoxy) is 1. The second kappa shape index (κ2) is 5.55. The zero-order chi connectivity index (χ0) is 13.0. The number of hydrogen-bond donors (Lipinski definition) is 1. The van der Waals surface area contributed by atoms with Crippen molar-refractivity contribution in [3.8, 4) is 5.88 Å². The van der Waals surface area contributed by atoms with Crippen molar-refractivity contribution in [1.29, 1.82) is 0 Å². The molecular formula is C13H13FN2O2. The van der Waals surface area contributed by atoms with Gasteiger partial charge in [-0.25, -0.2) is 14.4 Å². The first-order valence-electron chi connectivity index (χ1n) is 5.59. The van der Waals surface area contributed by atoms with Crippen LogP contribution in [0.5, 0.6) is 5.88 Å². The van der Waals surface area contributed by atoms with E-state index in [1.54, 1.807) is 12.1 Å². The van der Waals surface area contributed by atoms with Gasteiger partial charge in [0.1, 0.15) is 18.2 Å². The number of nitrogens with zero attached hydrogens (tertiary/aromatic N) is 2. The fourth-order valence-corrected chi connectivity index (χ4v) is 1.59. The number of aliphatic hydroxyl groups excluding tert-OH is 1. The van der Waals surface area contributed by atoms with E-state index in [0.717, 1.165) is 0 Å². The third-order valence-corrected chi connectivity index (χ3v) is 2.44. The Morgan fingerprint density at radius 3 is 2.83 bits per heavy atom. The van der Waals surface area contributed by atoms with Gasteiger partial charge in [0.2, 0.25) is 5.88 Å². The fourth-order valence-electron chi connectivity index (χ4n) is 1.59. The van der Waals surface area contributed by atoms with Crippen molar-refractivity contribution in [3.05, 3.63) is 53.7 Å². The molecule has 0 aliphatic heterocycles. The van der Waals surface area contributed by atoms with E-state index in [-0.39, 0.29) is 5.56 Å². The van der Waals surface area contributed by atoms with Crippen LogP contribution in [-0.4, -0.2) is 21.7 Å². The molecule has 1 N–H and O–H groups in total. The third-order valence-electron chi connectivity index (χ3n) is 2.44. The fraction of sp³-hybridized carbons (Fsp3) is 0.231. The van der Waals surface area contributed by atoms with Crippen molar-refractivity contribution in [2.75, 3.05) is 6.61 Å². The van der Waals surface area contributed by atoms with Crippen LogP contribution in [0.4, 0.5) is 4.39 Å². The van der Waals surface area contributed by atoms with Crippen LogP contribution in [0.15, 0.2) is 36.7 Å². The highest BCUT2D eigenvalue weighted by Gasteiger charge is 2.16. The average Bonchev–Trinajstić information content (AvgIpc) is 2.39. The molecule has 0 bridgehead atoms. The molecule has 1 unspecified atom stereocenters. The van der Waals surface area contributed by atoms with Crippen molar-refractivity contribution < 1.29 is 14.2 Å². The van der Waals surface area contributed by atoms with Crippen LogP contribution in [0.3, 0.4) is 0 Å². The molecule has 2 aromatic rings. The molecule has 0 spiro atoms. The van der Waals surface area contributed by atoms with Gasteiger partial charge in [0.05, 0.1) is 12.3 Å². The van der Waals surface area contributed by atoms with Crippen molar-refractivity contribution >= 4 is 0 Å². The molecular weight excluding hydrogens is 235 g/mol. The third kappa shape index (κ3) is 2.62. The molecule has 0 radical (unpaired) electrons. The molecule has 0 aliphatic carbocycles. The highest BCUT2D eigenvalue weighted by atomic mass is 19.1. The largest absolute Gasteiger partial charge is 0.478 e. The lowest BCUT2D eigenvalue weighted by Crippen LogP contribution is -2.06. The van der Waals surface area contributed by atoms with Gasteiger partial charge >= 0.3 is 0 Å². The summed E-state index contributed by atoms with van der Waals surface area (Å²) in [5.74, 6) is -0.112. The van der Waals surface area contributed by atoms with E-state index in [4.69, 9.17) is 4.74 Å². The first kappa shape index (κ1) is 12.4. The first-order chi connectivity index (χ1) is 8.72. The van der Waals surface area contributed by atoms with Gasteiger partial charge < -0.3 is 9.84 Å². The number of rotatable bonds is 4. The van der Waals surface area contributed by atoms with E-state index < -0.39 is 11.9 Å². The lowest BCUT2D eigenvalue weighted by Gasteiger charge is -2.12. The number of halogens is 1. The standard InChI is InChI=1S/C13H13FN2O2/c1-2-18-12-7-11(15-8-16-12)13(17)9-5-3-4-6-10(9)14/h3-8,13,17H,2H2,1H3. The number of aromatic nitrogens is 2. The van der Waals surface area contributed by atoms with Crippen LogP contribution in [-0.2, 0) is 0 Å². The predicted molar refractivity (Wildman–Crippen MR) is 63.7 cm³/mol. The van der Waals surface area contributed by atoms with E-state index in [0.29, 0.717) is 18.2 Å². The molecule has 0 saturated carbocycles. The Morgan fingerprint density at radius 1 is 1.33 bits per heavy atom. The molecule has 1 aromatic carbocycles. The summed E-state index contributed by atoms with van der Waals surface area (Å²) in [6.45, 7) is 2.29. The Morgan fingerprint density at radius 2 is 2.11 bits per heavy atom. The minimum Gasteiger partial charge on any atom is -0.478 e. The summed E-state index contributed by atoms with van der Waals surface area (Å²) in [5, 5.41) is 10.1. The van der Waals surface area contributed by atoms with Gasteiger partial charge in [-0.05, 0) is 13.0 Å². The molecule has 1 heterocycles. The first-order valence-corrected chi connectivity index (χ1v) is 5.59. The Hall–Kier alpha value is -2.01. The van der Waals surface area contributed by atoms with Gasteiger partial charge in [-0.2, -0.15) is 0 Å². The molecule has 18 heavy (non-hydrogen) atoms. The highest BCUT2D eigenvalue weighted by molar-refractivity contribution is 5.28. The van der Waals surface area contributed by atoms with Gasteiger partial charge in [-0.3, -0.25) is 0 Å². The molecule has 5 heteroatoms. The molecule has 1 atom stereocenters. The Bertz CT molecular complexity index is 534. The summed E-state index contributed by atoms with van der Waals surface area (Å²) in [5.41, 5.74) is 0.484. The average molecular weight is 248 g/mol. The van der Waals surface area contributed by atoms with Crippen LogP contribution < -0.4 is 4.74 Å². The summed E-state index contributed by atoms with van der Waals surface area (Å²) in [6.07, 6.45) is 0.151. The van der Waals surface area contributed by atoms with Crippen LogP contribution >= 0.6 is 0 Å². The van der Waals surface area contributed by atoms with Crippen molar-refractivity contribution in [2.45, 2.75) is 13.0 Å². The molecule has 0 aliphatic rings. The lowest BCUT2D eigenvalue weighted by molar-refractivity contribution is 0.208. The molecule has 0 saturated heterocycles. The van der Waals surface area contributed by atoms with Crippen molar-refractivity contribution in [1.82, 2.24) is 9.97 Å². The molecule has 94 valence electrons. The summed E-state index contributed by atoms with van der Waals surface area (Å²) in [7, 11) is 0. The molecule has 0 amide bonds. The monoisotopic (exact) mass is 248 g/mol. The van der Waals surface area contributed by atoms with Crippen LogP contribution in [0.2, 0.25) is 0 Å². The topological polar surface area (TPSA) is 55.2 Å².